The van der Waals surface area contributed by atoms with E-state index in [0.29, 0.717) is 0 Å². The first-order valence-electron chi connectivity index (χ1n) is 5.61. The second kappa shape index (κ2) is 8.37. The molecule has 0 aliphatic rings. The number of hydrogen-bond donors (Lipinski definition) is 1. The molecular formula is C14H22ClN. The number of rotatable bonds is 5. The van der Waals surface area contributed by atoms with E-state index in [2.05, 4.69) is 56.4 Å². The summed E-state index contributed by atoms with van der Waals surface area (Å²) in [5.41, 5.74) is 2.66. The lowest BCUT2D eigenvalue weighted by Gasteiger charge is -2.07. The van der Waals surface area contributed by atoms with E-state index in [1.165, 1.54) is 11.1 Å². The van der Waals surface area contributed by atoms with Crippen molar-refractivity contribution in [1.29, 1.82) is 0 Å². The Balaban J connectivity index is 0.00000225. The van der Waals surface area contributed by atoms with Crippen molar-refractivity contribution >= 4 is 18.5 Å². The fraction of sp³-hybridized carbons (Fsp3) is 0.429. The minimum Gasteiger partial charge on any atom is -0.313 e. The molecule has 1 N–H and O–H groups in total. The number of nitrogens with one attached hydrogen (secondary N) is 1. The van der Waals surface area contributed by atoms with Crippen LogP contribution in [0.2, 0.25) is 0 Å². The van der Waals surface area contributed by atoms with Crippen LogP contribution in [0, 0.1) is 5.92 Å². The van der Waals surface area contributed by atoms with Crippen LogP contribution in [0.1, 0.15) is 26.3 Å². The van der Waals surface area contributed by atoms with E-state index in [9.17, 15) is 0 Å². The second-order valence-electron chi connectivity index (χ2n) is 4.43. The van der Waals surface area contributed by atoms with E-state index >= 15 is 0 Å². The summed E-state index contributed by atoms with van der Waals surface area (Å²) in [6.07, 6.45) is 2.23. The van der Waals surface area contributed by atoms with Crippen LogP contribution in [0.4, 0.5) is 0 Å². The third kappa shape index (κ3) is 6.65. The van der Waals surface area contributed by atoms with Crippen LogP contribution >= 0.6 is 12.4 Å². The van der Waals surface area contributed by atoms with Gasteiger partial charge in [-0.15, -0.1) is 12.4 Å². The van der Waals surface area contributed by atoms with Gasteiger partial charge in [0.15, 0.2) is 0 Å². The van der Waals surface area contributed by atoms with Crippen molar-refractivity contribution in [2.75, 3.05) is 13.1 Å². The van der Waals surface area contributed by atoms with Gasteiger partial charge in [0.05, 0.1) is 0 Å². The lowest BCUT2D eigenvalue weighted by molar-refractivity contribution is 0.572. The van der Waals surface area contributed by atoms with Crippen LogP contribution in [0.5, 0.6) is 0 Å². The normalized spacial score (nSPS) is 11.4. The van der Waals surface area contributed by atoms with E-state index in [1.54, 1.807) is 0 Å². The molecule has 1 aromatic rings. The van der Waals surface area contributed by atoms with Crippen LogP contribution in [0.25, 0.3) is 6.08 Å². The van der Waals surface area contributed by atoms with E-state index in [4.69, 9.17) is 0 Å². The van der Waals surface area contributed by atoms with Gasteiger partial charge in [0.1, 0.15) is 0 Å². The van der Waals surface area contributed by atoms with Crippen LogP contribution < -0.4 is 5.32 Å². The minimum atomic E-state index is 0. The minimum absolute atomic E-state index is 0. The molecule has 0 aromatic heterocycles. The highest BCUT2D eigenvalue weighted by Crippen LogP contribution is 2.05. The lowest BCUT2D eigenvalue weighted by atomic mass is 10.1. The van der Waals surface area contributed by atoms with Gasteiger partial charge in [-0.25, -0.2) is 0 Å². The van der Waals surface area contributed by atoms with Gasteiger partial charge in [-0.2, -0.15) is 0 Å². The molecule has 0 atom stereocenters. The summed E-state index contributed by atoms with van der Waals surface area (Å²) in [5.74, 6) is 0.717. The summed E-state index contributed by atoms with van der Waals surface area (Å²) in [6.45, 7) is 8.68. The smallest absolute Gasteiger partial charge is 0.0165 e. The first-order chi connectivity index (χ1) is 7.18. The summed E-state index contributed by atoms with van der Waals surface area (Å²) < 4.78 is 0. The molecular weight excluding hydrogens is 218 g/mol. The molecule has 2 heteroatoms. The summed E-state index contributed by atoms with van der Waals surface area (Å²) in [6, 6.07) is 10.4. The molecule has 0 fully saturated rings. The molecule has 0 saturated heterocycles. The molecule has 1 rings (SSSR count). The number of benzene rings is 1. The molecule has 90 valence electrons. The van der Waals surface area contributed by atoms with Gasteiger partial charge in [0.2, 0.25) is 0 Å². The molecule has 0 radical (unpaired) electrons. The quantitative estimate of drug-likeness (QED) is 0.825. The molecule has 0 unspecified atom stereocenters. The lowest BCUT2D eigenvalue weighted by Crippen LogP contribution is -2.21. The van der Waals surface area contributed by atoms with Crippen LogP contribution in [0.3, 0.4) is 0 Å². The average molecular weight is 240 g/mol. The third-order valence-electron chi connectivity index (χ3n) is 2.17. The maximum absolute atomic E-state index is 3.44. The maximum atomic E-state index is 3.44. The van der Waals surface area contributed by atoms with E-state index in [0.717, 1.165) is 19.0 Å². The van der Waals surface area contributed by atoms with Gasteiger partial charge in [0, 0.05) is 6.54 Å². The Labute approximate surface area is 105 Å². The standard InChI is InChI=1S/C14H21N.ClH/c1-12(2)10-15-11-13(3)9-14-7-5-4-6-8-14;/h4-9,12,15H,10-11H2,1-3H3;1H/b13-9+;. The predicted molar refractivity (Wildman–Crippen MR) is 75.0 cm³/mol. The number of halogens is 1. The van der Waals surface area contributed by atoms with Gasteiger partial charge in [0.25, 0.3) is 0 Å². The van der Waals surface area contributed by atoms with Crippen molar-refractivity contribution in [3.05, 3.63) is 41.5 Å². The Hall–Kier alpha value is -0.790. The zero-order valence-electron chi connectivity index (χ0n) is 10.4. The van der Waals surface area contributed by atoms with Crippen LogP contribution in [0.15, 0.2) is 35.9 Å². The summed E-state index contributed by atoms with van der Waals surface area (Å²) in [5, 5.41) is 3.44. The zero-order chi connectivity index (χ0) is 11.1. The molecule has 0 heterocycles. The fourth-order valence-corrected chi connectivity index (χ4v) is 1.44. The summed E-state index contributed by atoms with van der Waals surface area (Å²) in [7, 11) is 0. The van der Waals surface area contributed by atoms with Crippen molar-refractivity contribution < 1.29 is 0 Å². The van der Waals surface area contributed by atoms with Gasteiger partial charge in [-0.1, -0.05) is 55.8 Å². The summed E-state index contributed by atoms with van der Waals surface area (Å²) >= 11 is 0. The van der Waals surface area contributed by atoms with Crippen LogP contribution in [-0.2, 0) is 0 Å². The molecule has 1 aromatic carbocycles. The van der Waals surface area contributed by atoms with Crippen molar-refractivity contribution in [3.63, 3.8) is 0 Å². The van der Waals surface area contributed by atoms with E-state index in [1.807, 2.05) is 6.07 Å². The van der Waals surface area contributed by atoms with Gasteiger partial charge in [-0.05, 0) is 24.9 Å². The van der Waals surface area contributed by atoms with Crippen molar-refractivity contribution in [3.8, 4) is 0 Å². The van der Waals surface area contributed by atoms with Crippen molar-refractivity contribution in [2.45, 2.75) is 20.8 Å². The van der Waals surface area contributed by atoms with E-state index in [-0.39, 0.29) is 12.4 Å². The van der Waals surface area contributed by atoms with Crippen molar-refractivity contribution in [1.82, 2.24) is 5.32 Å². The Morgan fingerprint density at radius 1 is 1.25 bits per heavy atom. The van der Waals surface area contributed by atoms with E-state index < -0.39 is 0 Å². The monoisotopic (exact) mass is 239 g/mol. The molecule has 1 nitrogen and oxygen atoms in total. The predicted octanol–water partition coefficient (Wildman–Crippen LogP) is 3.76. The van der Waals surface area contributed by atoms with Crippen LogP contribution in [-0.4, -0.2) is 13.1 Å². The molecule has 0 aliphatic heterocycles. The first kappa shape index (κ1) is 15.2. The largest absolute Gasteiger partial charge is 0.313 e. The fourth-order valence-electron chi connectivity index (χ4n) is 1.44. The maximum Gasteiger partial charge on any atom is 0.0165 e. The third-order valence-corrected chi connectivity index (χ3v) is 2.17. The SMILES string of the molecule is C/C(=C\c1ccccc1)CNCC(C)C.Cl. The highest BCUT2D eigenvalue weighted by atomic mass is 35.5. The Morgan fingerprint density at radius 2 is 1.88 bits per heavy atom. The molecule has 0 spiro atoms. The Bertz CT molecular complexity index is 304. The second-order valence-corrected chi connectivity index (χ2v) is 4.43. The zero-order valence-corrected chi connectivity index (χ0v) is 11.2. The van der Waals surface area contributed by atoms with Gasteiger partial charge >= 0.3 is 0 Å². The van der Waals surface area contributed by atoms with Crippen molar-refractivity contribution in [2.24, 2.45) is 5.92 Å². The first-order valence-corrected chi connectivity index (χ1v) is 5.61. The summed E-state index contributed by atoms with van der Waals surface area (Å²) in [4.78, 5) is 0. The number of hydrogen-bond acceptors (Lipinski definition) is 1. The molecule has 0 aliphatic carbocycles. The Morgan fingerprint density at radius 3 is 2.44 bits per heavy atom. The van der Waals surface area contributed by atoms with Gasteiger partial charge < -0.3 is 5.32 Å². The molecule has 16 heavy (non-hydrogen) atoms. The van der Waals surface area contributed by atoms with Gasteiger partial charge in [-0.3, -0.25) is 0 Å². The topological polar surface area (TPSA) is 12.0 Å². The Kier molecular flexibility index (Phi) is 7.96. The highest BCUT2D eigenvalue weighted by Gasteiger charge is 1.94. The molecule has 0 amide bonds. The average Bonchev–Trinajstić information content (AvgIpc) is 2.18. The molecule has 0 saturated carbocycles. The molecule has 0 bridgehead atoms. The highest BCUT2D eigenvalue weighted by molar-refractivity contribution is 5.85.